The lowest BCUT2D eigenvalue weighted by Gasteiger charge is -2.31. The van der Waals surface area contributed by atoms with E-state index in [1.165, 1.54) is 11.1 Å². The minimum atomic E-state index is 0.424. The van der Waals surface area contributed by atoms with Gasteiger partial charge in [-0.2, -0.15) is 0 Å². The smallest absolute Gasteiger partial charge is 0.0594 e. The summed E-state index contributed by atoms with van der Waals surface area (Å²) in [6.45, 7) is 10.2. The van der Waals surface area contributed by atoms with Gasteiger partial charge in [0.25, 0.3) is 0 Å². The van der Waals surface area contributed by atoms with Crippen molar-refractivity contribution in [2.45, 2.75) is 19.9 Å². The van der Waals surface area contributed by atoms with Gasteiger partial charge >= 0.3 is 0 Å². The first kappa shape index (κ1) is 13.5. The monoisotopic (exact) mass is 248 g/mol. The highest BCUT2D eigenvalue weighted by Gasteiger charge is 2.17. The Balaban J connectivity index is 2.02. The number of morpholine rings is 1. The first-order valence-corrected chi connectivity index (χ1v) is 6.89. The van der Waals surface area contributed by atoms with Crippen molar-refractivity contribution in [1.82, 2.24) is 10.2 Å². The molecule has 2 rings (SSSR count). The number of nitrogens with zero attached hydrogens (tertiary/aromatic N) is 1. The summed E-state index contributed by atoms with van der Waals surface area (Å²) in [5, 5.41) is 3.59. The Labute approximate surface area is 110 Å². The molecule has 0 bridgehead atoms. The summed E-state index contributed by atoms with van der Waals surface area (Å²) in [4.78, 5) is 2.49. The average molecular weight is 248 g/mol. The van der Waals surface area contributed by atoms with Crippen LogP contribution in [0.1, 0.15) is 24.1 Å². The first-order valence-electron chi connectivity index (χ1n) is 6.89. The standard InChI is InChI=1S/C15H24N2O/c1-3-16-15(12-17-7-9-18-10-8-17)14-6-4-5-13(2)11-14/h4-6,11,15-16H,3,7-10,12H2,1-2H3. The maximum Gasteiger partial charge on any atom is 0.0594 e. The molecule has 1 aliphatic heterocycles. The Kier molecular flexibility index (Phi) is 5.17. The Bertz CT molecular complexity index is 361. The van der Waals surface area contributed by atoms with Crippen LogP contribution in [0.5, 0.6) is 0 Å². The molecule has 0 amide bonds. The third kappa shape index (κ3) is 3.80. The van der Waals surface area contributed by atoms with Crippen molar-refractivity contribution in [3.05, 3.63) is 35.4 Å². The van der Waals surface area contributed by atoms with E-state index in [-0.39, 0.29) is 0 Å². The van der Waals surface area contributed by atoms with E-state index in [1.807, 2.05) is 0 Å². The van der Waals surface area contributed by atoms with Crippen LogP contribution in [-0.4, -0.2) is 44.3 Å². The zero-order valence-corrected chi connectivity index (χ0v) is 11.5. The van der Waals surface area contributed by atoms with Crippen molar-refractivity contribution in [3.8, 4) is 0 Å². The maximum absolute atomic E-state index is 5.40. The molecule has 0 aromatic heterocycles. The van der Waals surface area contributed by atoms with Crippen LogP contribution in [0.3, 0.4) is 0 Å². The van der Waals surface area contributed by atoms with Crippen molar-refractivity contribution in [3.63, 3.8) is 0 Å². The van der Waals surface area contributed by atoms with Gasteiger partial charge in [0.15, 0.2) is 0 Å². The van der Waals surface area contributed by atoms with Crippen molar-refractivity contribution in [2.75, 3.05) is 39.4 Å². The zero-order chi connectivity index (χ0) is 12.8. The van der Waals surface area contributed by atoms with Gasteiger partial charge in [0.1, 0.15) is 0 Å². The van der Waals surface area contributed by atoms with Crippen LogP contribution in [-0.2, 0) is 4.74 Å². The second-order valence-electron chi connectivity index (χ2n) is 4.94. The van der Waals surface area contributed by atoms with E-state index >= 15 is 0 Å². The molecule has 1 saturated heterocycles. The average Bonchev–Trinajstić information content (AvgIpc) is 2.39. The normalized spacial score (nSPS) is 18.8. The molecule has 1 unspecified atom stereocenters. The van der Waals surface area contributed by atoms with Crippen LogP contribution in [0.4, 0.5) is 0 Å². The predicted molar refractivity (Wildman–Crippen MR) is 74.9 cm³/mol. The van der Waals surface area contributed by atoms with E-state index in [2.05, 4.69) is 48.3 Å². The fourth-order valence-electron chi connectivity index (χ4n) is 2.46. The van der Waals surface area contributed by atoms with Gasteiger partial charge in [-0.05, 0) is 19.0 Å². The maximum atomic E-state index is 5.40. The van der Waals surface area contributed by atoms with Crippen molar-refractivity contribution in [1.29, 1.82) is 0 Å². The molecule has 0 saturated carbocycles. The molecule has 3 nitrogen and oxygen atoms in total. The second-order valence-corrected chi connectivity index (χ2v) is 4.94. The summed E-state index contributed by atoms with van der Waals surface area (Å²) in [6, 6.07) is 9.23. The molecular weight excluding hydrogens is 224 g/mol. The molecule has 1 aromatic carbocycles. The van der Waals surface area contributed by atoms with Gasteiger partial charge in [0.2, 0.25) is 0 Å². The van der Waals surface area contributed by atoms with Crippen LogP contribution < -0.4 is 5.32 Å². The number of ether oxygens (including phenoxy) is 1. The van der Waals surface area contributed by atoms with Gasteiger partial charge in [-0.3, -0.25) is 4.90 Å². The third-order valence-corrected chi connectivity index (χ3v) is 3.44. The lowest BCUT2D eigenvalue weighted by molar-refractivity contribution is 0.0335. The fraction of sp³-hybridized carbons (Fsp3) is 0.600. The Hall–Kier alpha value is -0.900. The molecular formula is C15H24N2O. The van der Waals surface area contributed by atoms with E-state index in [9.17, 15) is 0 Å². The Morgan fingerprint density at radius 2 is 2.11 bits per heavy atom. The number of rotatable bonds is 5. The van der Waals surface area contributed by atoms with Crippen LogP contribution in [0.25, 0.3) is 0 Å². The summed E-state index contributed by atoms with van der Waals surface area (Å²) >= 11 is 0. The molecule has 0 spiro atoms. The number of likely N-dealkylation sites (N-methyl/N-ethyl adjacent to an activating group) is 1. The predicted octanol–water partition coefficient (Wildman–Crippen LogP) is 1.98. The molecule has 1 aliphatic rings. The van der Waals surface area contributed by atoms with Gasteiger partial charge in [0.05, 0.1) is 13.2 Å². The van der Waals surface area contributed by atoms with E-state index in [0.29, 0.717) is 6.04 Å². The molecule has 1 aromatic rings. The van der Waals surface area contributed by atoms with Gasteiger partial charge in [0, 0.05) is 25.7 Å². The lowest BCUT2D eigenvalue weighted by atomic mass is 10.0. The highest BCUT2D eigenvalue weighted by atomic mass is 16.5. The minimum absolute atomic E-state index is 0.424. The molecule has 1 heterocycles. The van der Waals surface area contributed by atoms with Crippen molar-refractivity contribution >= 4 is 0 Å². The van der Waals surface area contributed by atoms with E-state index in [4.69, 9.17) is 4.74 Å². The number of aryl methyl sites for hydroxylation is 1. The molecule has 100 valence electrons. The number of nitrogens with one attached hydrogen (secondary N) is 1. The van der Waals surface area contributed by atoms with Gasteiger partial charge < -0.3 is 10.1 Å². The van der Waals surface area contributed by atoms with Crippen LogP contribution in [0, 0.1) is 6.92 Å². The topological polar surface area (TPSA) is 24.5 Å². The molecule has 1 atom stereocenters. The summed E-state index contributed by atoms with van der Waals surface area (Å²) < 4.78 is 5.40. The molecule has 1 N–H and O–H groups in total. The van der Waals surface area contributed by atoms with E-state index < -0.39 is 0 Å². The van der Waals surface area contributed by atoms with Gasteiger partial charge in [-0.1, -0.05) is 36.8 Å². The Morgan fingerprint density at radius 1 is 1.33 bits per heavy atom. The summed E-state index contributed by atoms with van der Waals surface area (Å²) in [6.07, 6.45) is 0. The SMILES string of the molecule is CCNC(CN1CCOCC1)c1cccc(C)c1. The summed E-state index contributed by atoms with van der Waals surface area (Å²) in [7, 11) is 0. The van der Waals surface area contributed by atoms with Crippen molar-refractivity contribution in [2.24, 2.45) is 0 Å². The Morgan fingerprint density at radius 3 is 2.78 bits per heavy atom. The zero-order valence-electron chi connectivity index (χ0n) is 11.5. The summed E-state index contributed by atoms with van der Waals surface area (Å²) in [5.41, 5.74) is 2.72. The molecule has 0 aliphatic carbocycles. The second kappa shape index (κ2) is 6.88. The van der Waals surface area contributed by atoms with Gasteiger partial charge in [-0.25, -0.2) is 0 Å². The lowest BCUT2D eigenvalue weighted by Crippen LogP contribution is -2.41. The number of hydrogen-bond acceptors (Lipinski definition) is 3. The highest BCUT2D eigenvalue weighted by molar-refractivity contribution is 5.25. The van der Waals surface area contributed by atoms with Crippen molar-refractivity contribution < 1.29 is 4.74 Å². The van der Waals surface area contributed by atoms with Gasteiger partial charge in [-0.15, -0.1) is 0 Å². The largest absolute Gasteiger partial charge is 0.379 e. The fourth-order valence-corrected chi connectivity index (χ4v) is 2.46. The number of benzene rings is 1. The van der Waals surface area contributed by atoms with Crippen LogP contribution in [0.15, 0.2) is 24.3 Å². The quantitative estimate of drug-likeness (QED) is 0.862. The highest BCUT2D eigenvalue weighted by Crippen LogP contribution is 2.16. The molecule has 3 heteroatoms. The molecule has 1 fully saturated rings. The minimum Gasteiger partial charge on any atom is -0.379 e. The van der Waals surface area contributed by atoms with Crippen LogP contribution >= 0.6 is 0 Å². The van der Waals surface area contributed by atoms with E-state index in [0.717, 1.165) is 39.4 Å². The third-order valence-electron chi connectivity index (χ3n) is 3.44. The summed E-state index contributed by atoms with van der Waals surface area (Å²) in [5.74, 6) is 0. The van der Waals surface area contributed by atoms with Crippen LogP contribution in [0.2, 0.25) is 0 Å². The molecule has 18 heavy (non-hydrogen) atoms. The van der Waals surface area contributed by atoms with E-state index in [1.54, 1.807) is 0 Å². The molecule has 0 radical (unpaired) electrons. The number of hydrogen-bond donors (Lipinski definition) is 1. The first-order chi connectivity index (χ1) is 8.79.